The van der Waals surface area contributed by atoms with Crippen molar-refractivity contribution in [2.24, 2.45) is 0 Å². The summed E-state index contributed by atoms with van der Waals surface area (Å²) in [5, 5.41) is 8.05. The molecule has 0 aliphatic heterocycles. The van der Waals surface area contributed by atoms with Crippen molar-refractivity contribution in [3.8, 4) is 44.5 Å². The van der Waals surface area contributed by atoms with Gasteiger partial charge in [-0.15, -0.1) is 0 Å². The Bertz CT molecular complexity index is 2550. The monoisotopic (exact) mass is 642 g/mol. The van der Waals surface area contributed by atoms with Gasteiger partial charge in [-0.2, -0.15) is 0 Å². The van der Waals surface area contributed by atoms with E-state index in [0.29, 0.717) is 0 Å². The lowest BCUT2D eigenvalue weighted by molar-refractivity contribution is 0.591. The molecule has 0 saturated heterocycles. The fourth-order valence-electron chi connectivity index (χ4n) is 9.57. The van der Waals surface area contributed by atoms with Gasteiger partial charge >= 0.3 is 0 Å². The summed E-state index contributed by atoms with van der Waals surface area (Å²) in [6, 6.07) is 49.2. The Morgan fingerprint density at radius 1 is 0.380 bits per heavy atom. The Labute approximate surface area is 295 Å². The predicted molar refractivity (Wildman–Crippen MR) is 215 cm³/mol. The first-order valence-electron chi connectivity index (χ1n) is 18.2. The number of benzene rings is 8. The molecule has 8 aromatic carbocycles. The van der Waals surface area contributed by atoms with Crippen LogP contribution in [0.15, 0.2) is 127 Å². The average molecular weight is 643 g/mol. The van der Waals surface area contributed by atoms with Crippen molar-refractivity contribution in [3.63, 3.8) is 0 Å². The normalized spacial score (nSPS) is 15.4. The average Bonchev–Trinajstić information content (AvgIpc) is 3.49. The van der Waals surface area contributed by atoms with Crippen LogP contribution in [0.4, 0.5) is 0 Å². The SMILES string of the molecule is CC(C)(C)c1cc2ccc3c(-c4ccc5c(c4)C(C)(C)c4ccccc4-5)cc(-c4ccc5c(c4)C(C)(C)c4ccccc4-5)c4ccc(c1)c2c34. The molecule has 0 spiro atoms. The molecule has 0 heterocycles. The summed E-state index contributed by atoms with van der Waals surface area (Å²) in [7, 11) is 0. The zero-order valence-corrected chi connectivity index (χ0v) is 30.1. The maximum Gasteiger partial charge on any atom is 0.0159 e. The van der Waals surface area contributed by atoms with Gasteiger partial charge in [-0.05, 0) is 128 Å². The van der Waals surface area contributed by atoms with Crippen LogP contribution in [0.5, 0.6) is 0 Å². The van der Waals surface area contributed by atoms with Crippen LogP contribution in [-0.2, 0) is 16.2 Å². The minimum absolute atomic E-state index is 0.0571. The number of hydrogen-bond donors (Lipinski definition) is 0. The molecule has 10 rings (SSSR count). The zero-order valence-electron chi connectivity index (χ0n) is 30.1. The first-order chi connectivity index (χ1) is 23.9. The molecule has 0 N–H and O–H groups in total. The third kappa shape index (κ3) is 3.88. The second kappa shape index (κ2) is 9.73. The highest BCUT2D eigenvalue weighted by atomic mass is 14.4. The Hall–Kier alpha value is -5.20. The van der Waals surface area contributed by atoms with Crippen LogP contribution in [0.1, 0.15) is 76.3 Å². The van der Waals surface area contributed by atoms with Gasteiger partial charge < -0.3 is 0 Å². The van der Waals surface area contributed by atoms with E-state index in [9.17, 15) is 0 Å². The van der Waals surface area contributed by atoms with Gasteiger partial charge in [0.05, 0.1) is 0 Å². The zero-order chi connectivity index (χ0) is 34.3. The molecular formula is C50H42. The van der Waals surface area contributed by atoms with Gasteiger partial charge in [0.1, 0.15) is 0 Å². The van der Waals surface area contributed by atoms with E-state index in [1.54, 1.807) is 0 Å². The maximum absolute atomic E-state index is 2.50. The van der Waals surface area contributed by atoms with Crippen molar-refractivity contribution in [1.29, 1.82) is 0 Å². The van der Waals surface area contributed by atoms with Gasteiger partial charge in [0.15, 0.2) is 0 Å². The highest BCUT2D eigenvalue weighted by Gasteiger charge is 2.37. The van der Waals surface area contributed by atoms with Crippen LogP contribution < -0.4 is 0 Å². The van der Waals surface area contributed by atoms with Gasteiger partial charge in [-0.3, -0.25) is 0 Å². The molecule has 0 nitrogen and oxygen atoms in total. The van der Waals surface area contributed by atoms with Crippen molar-refractivity contribution in [1.82, 2.24) is 0 Å². The standard InChI is InChI=1S/C50H42/c1-48(2,3)33-24-31-18-22-38-40(29-16-20-36-34-12-8-10-14-42(34)49(4,5)44(36)26-29)28-41(39-23-19-32(25-33)46(31)47(38)39)30-17-21-37-35-13-9-11-15-43(35)50(6,7)45(37)27-30/h8-28H,1-7H3. The van der Waals surface area contributed by atoms with Crippen molar-refractivity contribution in [2.45, 2.75) is 64.7 Å². The van der Waals surface area contributed by atoms with Crippen LogP contribution in [0, 0.1) is 0 Å². The first-order valence-corrected chi connectivity index (χ1v) is 18.2. The van der Waals surface area contributed by atoms with Gasteiger partial charge in [-0.1, -0.05) is 158 Å². The number of rotatable bonds is 2. The topological polar surface area (TPSA) is 0 Å². The van der Waals surface area contributed by atoms with Gasteiger partial charge in [-0.25, -0.2) is 0 Å². The quantitative estimate of drug-likeness (QED) is 0.165. The molecule has 8 aromatic rings. The Balaban J connectivity index is 1.27. The third-order valence-electron chi connectivity index (χ3n) is 12.4. The maximum atomic E-state index is 2.50. The Morgan fingerprint density at radius 2 is 0.820 bits per heavy atom. The fourth-order valence-corrected chi connectivity index (χ4v) is 9.57. The van der Waals surface area contributed by atoms with Crippen molar-refractivity contribution < 1.29 is 0 Å². The number of hydrogen-bond acceptors (Lipinski definition) is 0. The van der Waals surface area contributed by atoms with E-state index in [0.717, 1.165) is 0 Å². The lowest BCUT2D eigenvalue weighted by Crippen LogP contribution is -2.15. The smallest absolute Gasteiger partial charge is 0.0159 e. The summed E-state index contributed by atoms with van der Waals surface area (Å²) in [6.07, 6.45) is 0. The summed E-state index contributed by atoms with van der Waals surface area (Å²) in [5.41, 5.74) is 17.6. The van der Waals surface area contributed by atoms with Crippen LogP contribution in [0.2, 0.25) is 0 Å². The molecule has 0 amide bonds. The molecule has 2 aliphatic carbocycles. The molecule has 0 aromatic heterocycles. The molecule has 0 bridgehead atoms. The van der Waals surface area contributed by atoms with Crippen LogP contribution >= 0.6 is 0 Å². The largest absolute Gasteiger partial charge is 0.0619 e. The van der Waals surface area contributed by atoms with Crippen LogP contribution in [0.25, 0.3) is 76.8 Å². The summed E-state index contributed by atoms with van der Waals surface area (Å²) in [5.74, 6) is 0. The molecular weight excluding hydrogens is 601 g/mol. The van der Waals surface area contributed by atoms with E-state index in [1.165, 1.54) is 105 Å². The van der Waals surface area contributed by atoms with Gasteiger partial charge in [0.2, 0.25) is 0 Å². The third-order valence-corrected chi connectivity index (χ3v) is 12.4. The lowest BCUT2D eigenvalue weighted by atomic mass is 9.79. The fraction of sp³-hybridized carbons (Fsp3) is 0.200. The lowest BCUT2D eigenvalue weighted by Gasteiger charge is -2.24. The van der Waals surface area contributed by atoms with Gasteiger partial charge in [0, 0.05) is 10.8 Å². The molecule has 242 valence electrons. The van der Waals surface area contributed by atoms with E-state index < -0.39 is 0 Å². The second-order valence-electron chi connectivity index (χ2n) is 17.0. The summed E-state index contributed by atoms with van der Waals surface area (Å²) in [4.78, 5) is 0. The molecule has 2 aliphatic rings. The summed E-state index contributed by atoms with van der Waals surface area (Å²) in [6.45, 7) is 16.5. The van der Waals surface area contributed by atoms with E-state index in [1.807, 2.05) is 0 Å². The van der Waals surface area contributed by atoms with E-state index in [-0.39, 0.29) is 16.2 Å². The molecule has 0 radical (unpaired) electrons. The van der Waals surface area contributed by atoms with E-state index in [4.69, 9.17) is 0 Å². The molecule has 0 heteroatoms. The van der Waals surface area contributed by atoms with Crippen molar-refractivity contribution >= 4 is 32.3 Å². The summed E-state index contributed by atoms with van der Waals surface area (Å²) >= 11 is 0. The van der Waals surface area contributed by atoms with E-state index in [2.05, 4.69) is 176 Å². The first kappa shape index (κ1) is 29.7. The highest BCUT2D eigenvalue weighted by molar-refractivity contribution is 6.28. The molecule has 0 atom stereocenters. The number of fused-ring (bicyclic) bond motifs is 6. The minimum atomic E-state index is -0.0571. The van der Waals surface area contributed by atoms with Crippen LogP contribution in [0.3, 0.4) is 0 Å². The Morgan fingerprint density at radius 3 is 1.28 bits per heavy atom. The molecule has 50 heavy (non-hydrogen) atoms. The summed E-state index contributed by atoms with van der Waals surface area (Å²) < 4.78 is 0. The molecule has 0 saturated carbocycles. The molecule has 0 unspecified atom stereocenters. The van der Waals surface area contributed by atoms with E-state index >= 15 is 0 Å². The van der Waals surface area contributed by atoms with Crippen molar-refractivity contribution in [2.75, 3.05) is 0 Å². The second-order valence-corrected chi connectivity index (χ2v) is 17.0. The highest BCUT2D eigenvalue weighted by Crippen LogP contribution is 2.53. The van der Waals surface area contributed by atoms with Crippen molar-refractivity contribution in [3.05, 3.63) is 155 Å². The Kier molecular flexibility index (Phi) is 5.78. The molecule has 0 fully saturated rings. The predicted octanol–water partition coefficient (Wildman–Crippen LogP) is 13.8. The van der Waals surface area contributed by atoms with Gasteiger partial charge in [0.25, 0.3) is 0 Å². The van der Waals surface area contributed by atoms with Crippen LogP contribution in [-0.4, -0.2) is 0 Å². The minimum Gasteiger partial charge on any atom is -0.0619 e.